The van der Waals surface area contributed by atoms with Crippen LogP contribution in [0.2, 0.25) is 0 Å². The molecular weight excluding hydrogens is 546 g/mol. The molecule has 0 radical (unpaired) electrons. The molecule has 1 heterocycles. The Hall–Kier alpha value is -4.61. The molecule has 1 unspecified atom stereocenters. The van der Waals surface area contributed by atoms with Gasteiger partial charge in [0.15, 0.2) is 17.5 Å². The molecule has 1 atom stereocenters. The number of aliphatic carboxylic acids is 1. The van der Waals surface area contributed by atoms with Crippen molar-refractivity contribution in [1.82, 2.24) is 14.8 Å². The summed E-state index contributed by atoms with van der Waals surface area (Å²) in [4.78, 5) is 24.2. The lowest BCUT2D eigenvalue weighted by atomic mass is 10.1. The number of aryl methyl sites for hydroxylation is 2. The summed E-state index contributed by atoms with van der Waals surface area (Å²) in [6.45, 7) is 4.49. The van der Waals surface area contributed by atoms with Gasteiger partial charge in [0.05, 0.1) is 5.56 Å². The average molecular weight is 574 g/mol. The highest BCUT2D eigenvalue weighted by molar-refractivity contribution is 5.76. The van der Waals surface area contributed by atoms with Crippen LogP contribution in [0, 0.1) is 12.7 Å². The number of ether oxygens (including phenoxy) is 2. The van der Waals surface area contributed by atoms with E-state index in [1.165, 1.54) is 48.7 Å². The van der Waals surface area contributed by atoms with Gasteiger partial charge in [-0.1, -0.05) is 30.3 Å². The van der Waals surface area contributed by atoms with Crippen LogP contribution in [0.25, 0.3) is 0 Å². The van der Waals surface area contributed by atoms with E-state index < -0.39 is 40.9 Å². The Labute approximate surface area is 232 Å². The Balaban J connectivity index is 1.70. The maximum absolute atomic E-state index is 14.2. The second kappa shape index (κ2) is 11.5. The summed E-state index contributed by atoms with van der Waals surface area (Å²) in [7, 11) is 0. The van der Waals surface area contributed by atoms with Gasteiger partial charge in [0.1, 0.15) is 17.3 Å². The monoisotopic (exact) mass is 573 g/mol. The summed E-state index contributed by atoms with van der Waals surface area (Å²) in [6, 6.07) is 14.9. The lowest BCUT2D eigenvalue weighted by Gasteiger charge is -2.24. The predicted molar refractivity (Wildman–Crippen MR) is 140 cm³/mol. The molecule has 2 N–H and O–H groups in total. The van der Waals surface area contributed by atoms with Crippen LogP contribution in [0.3, 0.4) is 0 Å². The molecule has 0 bridgehead atoms. The standard InChI is InChI=1S/C29H27F4N3O5/c1-17-16-21(12-13-23(17)41-28(2,3)26(37)38)40-24(19-8-10-20(11-9-19)29(31,32)33)25-34-35-27(39)36(25)15-14-18-6-4-5-7-22(18)30/h4-13,16,24H,14-15H2,1-3H3,(H,35,39)(H,37,38). The summed E-state index contributed by atoms with van der Waals surface area (Å²) in [6.07, 6.45) is -5.55. The first kappa shape index (κ1) is 29.4. The van der Waals surface area contributed by atoms with Gasteiger partial charge in [0.25, 0.3) is 0 Å². The van der Waals surface area contributed by atoms with Crippen molar-refractivity contribution in [3.63, 3.8) is 0 Å². The zero-order valence-corrected chi connectivity index (χ0v) is 22.3. The van der Waals surface area contributed by atoms with Crippen molar-refractivity contribution < 1.29 is 36.9 Å². The van der Waals surface area contributed by atoms with Crippen molar-refractivity contribution in [2.45, 2.75) is 51.6 Å². The van der Waals surface area contributed by atoms with Gasteiger partial charge in [-0.2, -0.15) is 18.3 Å². The number of nitrogens with zero attached hydrogens (tertiary/aromatic N) is 2. The minimum Gasteiger partial charge on any atom is -0.478 e. The topological polar surface area (TPSA) is 106 Å². The van der Waals surface area contributed by atoms with Gasteiger partial charge < -0.3 is 14.6 Å². The fraction of sp³-hybridized carbons (Fsp3) is 0.276. The Bertz CT molecular complexity index is 1590. The molecule has 0 saturated heterocycles. The number of H-pyrrole nitrogens is 1. The molecular formula is C29H27F4N3O5. The van der Waals surface area contributed by atoms with Crippen molar-refractivity contribution in [2.75, 3.05) is 0 Å². The quantitative estimate of drug-likeness (QED) is 0.236. The first-order valence-electron chi connectivity index (χ1n) is 12.5. The van der Waals surface area contributed by atoms with Gasteiger partial charge in [-0.05, 0) is 74.7 Å². The van der Waals surface area contributed by atoms with Crippen LogP contribution >= 0.6 is 0 Å². The number of benzene rings is 3. The molecule has 0 aliphatic carbocycles. The highest BCUT2D eigenvalue weighted by Crippen LogP contribution is 2.34. The van der Waals surface area contributed by atoms with Crippen molar-refractivity contribution in [2.24, 2.45) is 0 Å². The lowest BCUT2D eigenvalue weighted by molar-refractivity contribution is -0.152. The number of carbonyl (C=O) groups is 1. The van der Waals surface area contributed by atoms with Crippen molar-refractivity contribution in [3.8, 4) is 11.5 Å². The highest BCUT2D eigenvalue weighted by Gasteiger charge is 2.32. The number of halogens is 4. The summed E-state index contributed by atoms with van der Waals surface area (Å²) >= 11 is 0. The Morgan fingerprint density at radius 3 is 2.37 bits per heavy atom. The molecule has 12 heteroatoms. The number of aromatic amines is 1. The molecule has 0 saturated carbocycles. The molecule has 4 aromatic rings. The number of aromatic nitrogens is 3. The van der Waals surface area contributed by atoms with Gasteiger partial charge in [0.2, 0.25) is 0 Å². The molecule has 0 spiro atoms. The highest BCUT2D eigenvalue weighted by atomic mass is 19.4. The normalized spacial score (nSPS) is 12.7. The van der Waals surface area contributed by atoms with Crippen molar-refractivity contribution >= 4 is 5.97 Å². The molecule has 8 nitrogen and oxygen atoms in total. The zero-order chi connectivity index (χ0) is 29.9. The summed E-state index contributed by atoms with van der Waals surface area (Å²) < 4.78 is 66.9. The van der Waals surface area contributed by atoms with E-state index in [1.54, 1.807) is 31.2 Å². The second-order valence-corrected chi connectivity index (χ2v) is 9.84. The number of nitrogens with one attached hydrogen (secondary N) is 1. The largest absolute Gasteiger partial charge is 0.478 e. The van der Waals surface area contributed by atoms with Gasteiger partial charge in [-0.15, -0.1) is 0 Å². The molecule has 216 valence electrons. The van der Waals surface area contributed by atoms with Crippen LogP contribution in [0.5, 0.6) is 11.5 Å². The van der Waals surface area contributed by atoms with Crippen LogP contribution in [0.1, 0.15) is 48.0 Å². The van der Waals surface area contributed by atoms with Gasteiger partial charge in [-0.3, -0.25) is 4.57 Å². The molecule has 1 aromatic heterocycles. The van der Waals surface area contributed by atoms with E-state index in [2.05, 4.69) is 10.2 Å². The Morgan fingerprint density at radius 2 is 1.76 bits per heavy atom. The number of hydrogen-bond acceptors (Lipinski definition) is 5. The third-order valence-corrected chi connectivity index (χ3v) is 6.41. The molecule has 0 aliphatic rings. The molecule has 4 rings (SSSR count). The van der Waals surface area contributed by atoms with Crippen molar-refractivity contribution in [3.05, 3.63) is 111 Å². The van der Waals surface area contributed by atoms with E-state index >= 15 is 0 Å². The van der Waals surface area contributed by atoms with Crippen LogP contribution in [0.4, 0.5) is 17.6 Å². The van der Waals surface area contributed by atoms with Gasteiger partial charge in [-0.25, -0.2) is 19.1 Å². The second-order valence-electron chi connectivity index (χ2n) is 9.84. The molecule has 41 heavy (non-hydrogen) atoms. The average Bonchev–Trinajstić information content (AvgIpc) is 3.27. The maximum Gasteiger partial charge on any atom is 0.416 e. The van der Waals surface area contributed by atoms with E-state index in [0.717, 1.165) is 12.1 Å². The SMILES string of the molecule is Cc1cc(OC(c2ccc(C(F)(F)F)cc2)c2n[nH]c(=O)n2CCc2ccccc2F)ccc1OC(C)(C)C(=O)O. The Kier molecular flexibility index (Phi) is 8.22. The molecule has 3 aromatic carbocycles. The fourth-order valence-electron chi connectivity index (χ4n) is 4.06. The number of carboxylic acids is 1. The van der Waals surface area contributed by atoms with E-state index in [9.17, 15) is 32.3 Å². The number of hydrogen-bond donors (Lipinski definition) is 2. The number of alkyl halides is 3. The fourth-order valence-corrected chi connectivity index (χ4v) is 4.06. The summed E-state index contributed by atoms with van der Waals surface area (Å²) in [5.74, 6) is -0.992. The smallest absolute Gasteiger partial charge is 0.416 e. The first-order chi connectivity index (χ1) is 19.3. The van der Waals surface area contributed by atoms with Gasteiger partial charge >= 0.3 is 17.8 Å². The number of rotatable bonds is 10. The summed E-state index contributed by atoms with van der Waals surface area (Å²) in [5, 5.41) is 15.8. The third kappa shape index (κ3) is 6.76. The van der Waals surface area contributed by atoms with E-state index in [1.807, 2.05) is 0 Å². The van der Waals surface area contributed by atoms with Crippen LogP contribution < -0.4 is 15.2 Å². The third-order valence-electron chi connectivity index (χ3n) is 6.41. The summed E-state index contributed by atoms with van der Waals surface area (Å²) in [5.41, 5.74) is -1.80. The minimum atomic E-state index is -4.56. The van der Waals surface area contributed by atoms with E-state index in [4.69, 9.17) is 9.47 Å². The Morgan fingerprint density at radius 1 is 1.07 bits per heavy atom. The predicted octanol–water partition coefficient (Wildman–Crippen LogP) is 5.69. The van der Waals surface area contributed by atoms with Crippen molar-refractivity contribution in [1.29, 1.82) is 0 Å². The van der Waals surface area contributed by atoms with E-state index in [0.29, 0.717) is 11.1 Å². The lowest BCUT2D eigenvalue weighted by Crippen LogP contribution is -2.38. The number of carboxylic acid groups (broad SMARTS) is 1. The van der Waals surface area contributed by atoms with E-state index in [-0.39, 0.29) is 35.9 Å². The van der Waals surface area contributed by atoms with Gasteiger partial charge in [0, 0.05) is 12.1 Å². The molecule has 0 fully saturated rings. The maximum atomic E-state index is 14.2. The molecule has 0 amide bonds. The molecule has 0 aliphatic heterocycles. The first-order valence-corrected chi connectivity index (χ1v) is 12.5. The van der Waals surface area contributed by atoms with Crippen LogP contribution in [0.15, 0.2) is 71.5 Å². The minimum absolute atomic E-state index is 0.0160. The van der Waals surface area contributed by atoms with Crippen LogP contribution in [-0.2, 0) is 23.9 Å². The zero-order valence-electron chi connectivity index (χ0n) is 22.3. The van der Waals surface area contributed by atoms with Crippen LogP contribution in [-0.4, -0.2) is 31.4 Å².